The van der Waals surface area contributed by atoms with Gasteiger partial charge in [0.1, 0.15) is 0 Å². The molecule has 0 bridgehead atoms. The molecule has 0 radical (unpaired) electrons. The number of rotatable bonds is 11. The molecule has 0 fully saturated rings. The molecule has 1 aromatic rings. The molecule has 0 aliphatic carbocycles. The summed E-state index contributed by atoms with van der Waals surface area (Å²) in [6.07, 6.45) is 5.97. The van der Waals surface area contributed by atoms with E-state index in [1.807, 2.05) is 30.1 Å². The molecule has 0 aromatic carbocycles. The summed E-state index contributed by atoms with van der Waals surface area (Å²) < 4.78 is 7.29. The molecule has 1 unspecified atom stereocenters. The molecule has 1 aromatic heterocycles. The Kier molecular flexibility index (Phi) is 14.2. The summed E-state index contributed by atoms with van der Waals surface area (Å²) >= 11 is 0. The highest BCUT2D eigenvalue weighted by atomic mass is 127. The van der Waals surface area contributed by atoms with Crippen molar-refractivity contribution in [3.63, 3.8) is 0 Å². The Morgan fingerprint density at radius 1 is 1.30 bits per heavy atom. The Balaban J connectivity index is 0.00000484. The van der Waals surface area contributed by atoms with Gasteiger partial charge in [-0.05, 0) is 38.7 Å². The molecule has 0 saturated heterocycles. The number of unbranched alkanes of at least 4 members (excludes halogenated alkanes) is 1. The first-order chi connectivity index (χ1) is 10.8. The zero-order chi connectivity index (χ0) is 16.0. The lowest BCUT2D eigenvalue weighted by atomic mass is 10.2. The van der Waals surface area contributed by atoms with Crippen LogP contribution in [0.3, 0.4) is 0 Å². The van der Waals surface area contributed by atoms with Crippen molar-refractivity contribution in [1.82, 2.24) is 20.4 Å². The maximum atomic E-state index is 5.34. The van der Waals surface area contributed by atoms with Gasteiger partial charge in [-0.2, -0.15) is 5.10 Å². The molecule has 0 saturated carbocycles. The van der Waals surface area contributed by atoms with Gasteiger partial charge in [-0.25, -0.2) is 0 Å². The SMILES string of the molecule is CCNC(=NCC(C)Cn1cccn1)NCCCCOCC.I. The van der Waals surface area contributed by atoms with Crippen molar-refractivity contribution in [2.24, 2.45) is 10.9 Å². The van der Waals surface area contributed by atoms with E-state index in [1.165, 1.54) is 0 Å². The maximum Gasteiger partial charge on any atom is 0.191 e. The summed E-state index contributed by atoms with van der Waals surface area (Å²) in [6, 6.07) is 1.95. The summed E-state index contributed by atoms with van der Waals surface area (Å²) in [4.78, 5) is 4.65. The molecule has 1 heterocycles. The Hall–Kier alpha value is -0.830. The zero-order valence-corrected chi connectivity index (χ0v) is 17.0. The minimum atomic E-state index is 0. The van der Waals surface area contributed by atoms with Gasteiger partial charge in [-0.15, -0.1) is 24.0 Å². The summed E-state index contributed by atoms with van der Waals surface area (Å²) in [6.45, 7) is 11.4. The fourth-order valence-electron chi connectivity index (χ4n) is 2.05. The van der Waals surface area contributed by atoms with Crippen molar-refractivity contribution < 1.29 is 4.74 Å². The lowest BCUT2D eigenvalue weighted by Crippen LogP contribution is -2.38. The molecule has 0 aliphatic heterocycles. The number of ether oxygens (including phenoxy) is 1. The molecule has 0 aliphatic rings. The summed E-state index contributed by atoms with van der Waals surface area (Å²) in [7, 11) is 0. The van der Waals surface area contributed by atoms with E-state index in [-0.39, 0.29) is 24.0 Å². The second-order valence-electron chi connectivity index (χ2n) is 5.38. The highest BCUT2D eigenvalue weighted by Crippen LogP contribution is 2.00. The largest absolute Gasteiger partial charge is 0.382 e. The molecule has 134 valence electrons. The molecule has 23 heavy (non-hydrogen) atoms. The first-order valence-corrected chi connectivity index (χ1v) is 8.33. The topological polar surface area (TPSA) is 63.5 Å². The van der Waals surface area contributed by atoms with E-state index in [4.69, 9.17) is 4.74 Å². The van der Waals surface area contributed by atoms with Gasteiger partial charge in [0, 0.05) is 51.8 Å². The fraction of sp³-hybridized carbons (Fsp3) is 0.750. The number of nitrogens with zero attached hydrogens (tertiary/aromatic N) is 3. The van der Waals surface area contributed by atoms with Crippen molar-refractivity contribution in [1.29, 1.82) is 0 Å². The van der Waals surface area contributed by atoms with E-state index in [0.29, 0.717) is 5.92 Å². The van der Waals surface area contributed by atoms with Gasteiger partial charge in [0.25, 0.3) is 0 Å². The van der Waals surface area contributed by atoms with Crippen LogP contribution in [-0.2, 0) is 11.3 Å². The van der Waals surface area contributed by atoms with E-state index in [2.05, 4.69) is 34.6 Å². The minimum Gasteiger partial charge on any atom is -0.382 e. The lowest BCUT2D eigenvalue weighted by Gasteiger charge is -2.13. The van der Waals surface area contributed by atoms with Gasteiger partial charge < -0.3 is 15.4 Å². The zero-order valence-electron chi connectivity index (χ0n) is 14.6. The van der Waals surface area contributed by atoms with E-state index in [0.717, 1.165) is 58.2 Å². The highest BCUT2D eigenvalue weighted by molar-refractivity contribution is 14.0. The Labute approximate surface area is 157 Å². The van der Waals surface area contributed by atoms with Crippen molar-refractivity contribution in [2.45, 2.75) is 40.2 Å². The molecular formula is C16H32IN5O. The van der Waals surface area contributed by atoms with Crippen LogP contribution in [0.25, 0.3) is 0 Å². The van der Waals surface area contributed by atoms with Crippen LogP contribution in [0.15, 0.2) is 23.5 Å². The van der Waals surface area contributed by atoms with E-state index >= 15 is 0 Å². The number of guanidine groups is 1. The van der Waals surface area contributed by atoms with Gasteiger partial charge in [0.05, 0.1) is 0 Å². The first-order valence-electron chi connectivity index (χ1n) is 8.33. The Bertz CT molecular complexity index is 397. The average molecular weight is 437 g/mol. The van der Waals surface area contributed by atoms with Crippen molar-refractivity contribution >= 4 is 29.9 Å². The van der Waals surface area contributed by atoms with Crippen LogP contribution >= 0.6 is 24.0 Å². The standard InChI is InChI=1S/C16H31N5O.HI/c1-4-17-16(18-9-6-7-12-22-5-2)19-13-15(3)14-21-11-8-10-20-21;/h8,10-11,15H,4-7,9,12-14H2,1-3H3,(H2,17,18,19);1H. The number of nitrogens with one attached hydrogen (secondary N) is 2. The third-order valence-corrected chi connectivity index (χ3v) is 3.18. The van der Waals surface area contributed by atoms with Crippen molar-refractivity contribution in [2.75, 3.05) is 32.8 Å². The summed E-state index contributed by atoms with van der Waals surface area (Å²) in [5, 5.41) is 10.9. The lowest BCUT2D eigenvalue weighted by molar-refractivity contribution is 0.143. The fourth-order valence-corrected chi connectivity index (χ4v) is 2.05. The summed E-state index contributed by atoms with van der Waals surface area (Å²) in [5.74, 6) is 1.35. The van der Waals surface area contributed by atoms with Crippen LogP contribution in [0.1, 0.15) is 33.6 Å². The van der Waals surface area contributed by atoms with E-state index in [1.54, 1.807) is 0 Å². The number of aliphatic imine (C=N–C) groups is 1. The van der Waals surface area contributed by atoms with Gasteiger partial charge in [0.2, 0.25) is 0 Å². The number of hydrogen-bond donors (Lipinski definition) is 2. The van der Waals surface area contributed by atoms with Crippen molar-refractivity contribution in [3.8, 4) is 0 Å². The second kappa shape index (κ2) is 14.7. The monoisotopic (exact) mass is 437 g/mol. The predicted octanol–water partition coefficient (Wildman–Crippen LogP) is 2.51. The second-order valence-corrected chi connectivity index (χ2v) is 5.38. The van der Waals surface area contributed by atoms with Gasteiger partial charge in [-0.3, -0.25) is 9.67 Å². The summed E-state index contributed by atoms with van der Waals surface area (Å²) in [5.41, 5.74) is 0. The minimum absolute atomic E-state index is 0. The van der Waals surface area contributed by atoms with Crippen molar-refractivity contribution in [3.05, 3.63) is 18.5 Å². The third kappa shape index (κ3) is 11.4. The van der Waals surface area contributed by atoms with Gasteiger partial charge in [-0.1, -0.05) is 6.92 Å². The van der Waals surface area contributed by atoms with E-state index < -0.39 is 0 Å². The molecule has 6 nitrogen and oxygen atoms in total. The number of aromatic nitrogens is 2. The average Bonchev–Trinajstić information content (AvgIpc) is 3.01. The Morgan fingerprint density at radius 3 is 2.78 bits per heavy atom. The smallest absolute Gasteiger partial charge is 0.191 e. The van der Waals surface area contributed by atoms with Crippen LogP contribution in [0, 0.1) is 5.92 Å². The number of hydrogen-bond acceptors (Lipinski definition) is 3. The quantitative estimate of drug-likeness (QED) is 0.242. The van der Waals surface area contributed by atoms with Crippen LogP contribution in [0.5, 0.6) is 0 Å². The Morgan fingerprint density at radius 2 is 2.13 bits per heavy atom. The molecule has 7 heteroatoms. The molecule has 0 amide bonds. The molecule has 1 atom stereocenters. The predicted molar refractivity (Wildman–Crippen MR) is 107 cm³/mol. The molecular weight excluding hydrogens is 405 g/mol. The van der Waals surface area contributed by atoms with Crippen LogP contribution < -0.4 is 10.6 Å². The van der Waals surface area contributed by atoms with Crippen LogP contribution in [0.4, 0.5) is 0 Å². The normalized spacial score (nSPS) is 12.6. The highest BCUT2D eigenvalue weighted by Gasteiger charge is 2.04. The van der Waals surface area contributed by atoms with Gasteiger partial charge >= 0.3 is 0 Å². The molecule has 2 N–H and O–H groups in total. The van der Waals surface area contributed by atoms with E-state index in [9.17, 15) is 0 Å². The van der Waals surface area contributed by atoms with Crippen LogP contribution in [-0.4, -0.2) is 48.6 Å². The first kappa shape index (κ1) is 22.2. The number of halogens is 1. The maximum absolute atomic E-state index is 5.34. The van der Waals surface area contributed by atoms with Gasteiger partial charge in [0.15, 0.2) is 5.96 Å². The third-order valence-electron chi connectivity index (χ3n) is 3.18. The molecule has 1 rings (SSSR count). The van der Waals surface area contributed by atoms with Crippen LogP contribution in [0.2, 0.25) is 0 Å². The molecule has 0 spiro atoms.